The van der Waals surface area contributed by atoms with Crippen molar-refractivity contribution in [1.29, 1.82) is 0 Å². The molecule has 0 saturated carbocycles. The molecule has 0 spiro atoms. The zero-order chi connectivity index (χ0) is 16.6. The van der Waals surface area contributed by atoms with Crippen LogP contribution in [-0.2, 0) is 0 Å². The van der Waals surface area contributed by atoms with Gasteiger partial charge in [-0.15, -0.1) is 11.3 Å². The first-order valence-corrected chi connectivity index (χ1v) is 8.15. The van der Waals surface area contributed by atoms with Gasteiger partial charge in [0.1, 0.15) is 4.88 Å². The van der Waals surface area contributed by atoms with E-state index in [1.807, 2.05) is 62.7 Å². The van der Waals surface area contributed by atoms with Crippen LogP contribution in [-0.4, -0.2) is 20.7 Å². The molecular formula is C17H18N4OS. The summed E-state index contributed by atoms with van der Waals surface area (Å²) in [5, 5.41) is 8.30. The molecule has 0 aliphatic heterocycles. The van der Waals surface area contributed by atoms with E-state index in [1.165, 1.54) is 11.3 Å². The maximum Gasteiger partial charge on any atom is 0.267 e. The predicted octanol–water partition coefficient (Wildman–Crippen LogP) is 3.81. The third kappa shape index (κ3) is 3.17. The van der Waals surface area contributed by atoms with Crippen LogP contribution >= 0.6 is 11.3 Å². The summed E-state index contributed by atoms with van der Waals surface area (Å²) in [5.74, 6) is -0.126. The molecule has 5 nitrogen and oxygen atoms in total. The molecular weight excluding hydrogens is 308 g/mol. The molecule has 0 aliphatic carbocycles. The second-order valence-electron chi connectivity index (χ2n) is 5.49. The Bertz CT molecular complexity index is 879. The van der Waals surface area contributed by atoms with Gasteiger partial charge < -0.3 is 5.32 Å². The summed E-state index contributed by atoms with van der Waals surface area (Å²) >= 11 is 1.41. The predicted molar refractivity (Wildman–Crippen MR) is 92.6 cm³/mol. The van der Waals surface area contributed by atoms with Crippen LogP contribution in [0.15, 0.2) is 30.3 Å². The van der Waals surface area contributed by atoms with Gasteiger partial charge in [-0.2, -0.15) is 5.10 Å². The van der Waals surface area contributed by atoms with Gasteiger partial charge in [0.25, 0.3) is 5.91 Å². The lowest BCUT2D eigenvalue weighted by molar-refractivity contribution is 0.103. The molecule has 0 saturated heterocycles. The number of hydrogen-bond donors (Lipinski definition) is 1. The van der Waals surface area contributed by atoms with Crippen molar-refractivity contribution in [3.05, 3.63) is 57.3 Å². The van der Waals surface area contributed by atoms with E-state index in [-0.39, 0.29) is 5.91 Å². The Morgan fingerprint density at radius 3 is 2.57 bits per heavy atom. The highest BCUT2D eigenvalue weighted by Gasteiger charge is 2.14. The monoisotopic (exact) mass is 326 g/mol. The third-order valence-electron chi connectivity index (χ3n) is 3.47. The zero-order valence-corrected chi connectivity index (χ0v) is 14.4. The number of amides is 1. The summed E-state index contributed by atoms with van der Waals surface area (Å²) in [6.45, 7) is 7.72. The van der Waals surface area contributed by atoms with E-state index >= 15 is 0 Å². The number of hydrogen-bond acceptors (Lipinski definition) is 4. The molecule has 0 unspecified atom stereocenters. The average molecular weight is 326 g/mol. The van der Waals surface area contributed by atoms with Gasteiger partial charge in [0.2, 0.25) is 0 Å². The smallest absolute Gasteiger partial charge is 0.267 e. The van der Waals surface area contributed by atoms with Crippen molar-refractivity contribution in [2.75, 3.05) is 5.32 Å². The number of carbonyl (C=O) groups excluding carboxylic acids is 1. The minimum absolute atomic E-state index is 0.126. The summed E-state index contributed by atoms with van der Waals surface area (Å²) in [7, 11) is 0. The number of nitrogens with one attached hydrogen (secondary N) is 1. The van der Waals surface area contributed by atoms with Gasteiger partial charge in [-0.1, -0.05) is 6.07 Å². The highest BCUT2D eigenvalue weighted by atomic mass is 32.1. The first-order chi connectivity index (χ1) is 10.9. The molecule has 1 N–H and O–H groups in total. The van der Waals surface area contributed by atoms with E-state index in [0.29, 0.717) is 4.88 Å². The molecule has 0 bridgehead atoms. The van der Waals surface area contributed by atoms with E-state index in [1.54, 1.807) is 0 Å². The molecule has 2 aromatic heterocycles. The minimum Gasteiger partial charge on any atom is -0.321 e. The van der Waals surface area contributed by atoms with Crippen LogP contribution in [0.2, 0.25) is 0 Å². The van der Waals surface area contributed by atoms with Gasteiger partial charge in [-0.05, 0) is 52.0 Å². The van der Waals surface area contributed by atoms with Gasteiger partial charge in [-0.3, -0.25) is 4.79 Å². The van der Waals surface area contributed by atoms with Crippen molar-refractivity contribution < 1.29 is 4.79 Å². The van der Waals surface area contributed by atoms with Crippen LogP contribution in [0.25, 0.3) is 5.69 Å². The van der Waals surface area contributed by atoms with E-state index in [4.69, 9.17) is 0 Å². The second-order valence-corrected chi connectivity index (χ2v) is 6.69. The quantitative estimate of drug-likeness (QED) is 0.796. The van der Waals surface area contributed by atoms with Crippen LogP contribution < -0.4 is 5.32 Å². The number of anilines is 1. The lowest BCUT2D eigenvalue weighted by atomic mass is 10.2. The fourth-order valence-corrected chi connectivity index (χ4v) is 3.35. The highest BCUT2D eigenvalue weighted by molar-refractivity contribution is 7.13. The van der Waals surface area contributed by atoms with Gasteiger partial charge in [0.15, 0.2) is 0 Å². The number of nitrogens with zero attached hydrogens (tertiary/aromatic N) is 3. The molecule has 0 aliphatic rings. The molecule has 0 atom stereocenters. The summed E-state index contributed by atoms with van der Waals surface area (Å²) in [6, 6.07) is 9.69. The molecule has 1 amide bonds. The molecule has 2 heterocycles. The summed E-state index contributed by atoms with van der Waals surface area (Å²) in [4.78, 5) is 17.4. The number of benzene rings is 1. The normalized spacial score (nSPS) is 10.8. The Kier molecular flexibility index (Phi) is 4.00. The van der Waals surface area contributed by atoms with Gasteiger partial charge in [-0.25, -0.2) is 9.67 Å². The fraction of sp³-hybridized carbons (Fsp3) is 0.235. The first-order valence-electron chi connectivity index (χ1n) is 7.33. The maximum atomic E-state index is 12.4. The van der Waals surface area contributed by atoms with Gasteiger partial charge in [0.05, 0.1) is 22.1 Å². The van der Waals surface area contributed by atoms with E-state index < -0.39 is 0 Å². The maximum absolute atomic E-state index is 12.4. The van der Waals surface area contributed by atoms with E-state index in [9.17, 15) is 4.79 Å². The summed E-state index contributed by atoms with van der Waals surface area (Å²) < 4.78 is 1.87. The van der Waals surface area contributed by atoms with Crippen LogP contribution in [0, 0.1) is 27.7 Å². The average Bonchev–Trinajstić information content (AvgIpc) is 3.00. The Labute approximate surface area is 139 Å². The summed E-state index contributed by atoms with van der Waals surface area (Å²) in [5.41, 5.74) is 4.45. The van der Waals surface area contributed by atoms with Crippen LogP contribution in [0.1, 0.15) is 31.8 Å². The first kappa shape index (κ1) is 15.4. The lowest BCUT2D eigenvalue weighted by Gasteiger charge is -2.08. The molecule has 3 rings (SSSR count). The number of thiazole rings is 1. The van der Waals surface area contributed by atoms with Crippen molar-refractivity contribution in [3.63, 3.8) is 0 Å². The Morgan fingerprint density at radius 2 is 1.96 bits per heavy atom. The fourth-order valence-electron chi connectivity index (χ4n) is 2.54. The van der Waals surface area contributed by atoms with Crippen molar-refractivity contribution in [2.24, 2.45) is 0 Å². The summed E-state index contributed by atoms with van der Waals surface area (Å²) in [6.07, 6.45) is 0. The van der Waals surface area contributed by atoms with Crippen molar-refractivity contribution in [1.82, 2.24) is 14.8 Å². The van der Waals surface area contributed by atoms with Gasteiger partial charge >= 0.3 is 0 Å². The number of carbonyl (C=O) groups is 1. The largest absolute Gasteiger partial charge is 0.321 e. The Morgan fingerprint density at radius 1 is 1.17 bits per heavy atom. The third-order valence-corrected chi connectivity index (χ3v) is 4.54. The number of aromatic nitrogens is 3. The van der Waals surface area contributed by atoms with Crippen LogP contribution in [0.3, 0.4) is 0 Å². The molecule has 0 fully saturated rings. The molecule has 1 aromatic carbocycles. The lowest BCUT2D eigenvalue weighted by Crippen LogP contribution is -2.12. The second kappa shape index (κ2) is 5.96. The van der Waals surface area contributed by atoms with E-state index in [0.717, 1.165) is 33.5 Å². The van der Waals surface area contributed by atoms with Crippen molar-refractivity contribution in [3.8, 4) is 5.69 Å². The van der Waals surface area contributed by atoms with Crippen LogP contribution in [0.4, 0.5) is 5.69 Å². The standard InChI is InChI=1S/C17H18N4OS/c1-10-8-11(2)21(20-10)15-7-5-6-14(9-15)19-17(22)16-12(3)18-13(4)23-16/h5-9H,1-4H3,(H,19,22). The SMILES string of the molecule is Cc1cc(C)n(-c2cccc(NC(=O)c3sc(C)nc3C)c2)n1. The number of aryl methyl sites for hydroxylation is 4. The zero-order valence-electron chi connectivity index (χ0n) is 13.5. The van der Waals surface area contributed by atoms with Crippen molar-refractivity contribution >= 4 is 22.9 Å². The Balaban J connectivity index is 1.87. The molecule has 3 aromatic rings. The molecule has 118 valence electrons. The molecule has 23 heavy (non-hydrogen) atoms. The molecule has 0 radical (unpaired) electrons. The highest BCUT2D eigenvalue weighted by Crippen LogP contribution is 2.21. The topological polar surface area (TPSA) is 59.8 Å². The molecule has 6 heteroatoms. The van der Waals surface area contributed by atoms with Crippen LogP contribution in [0.5, 0.6) is 0 Å². The van der Waals surface area contributed by atoms with Gasteiger partial charge in [0, 0.05) is 11.4 Å². The number of rotatable bonds is 3. The minimum atomic E-state index is -0.126. The van der Waals surface area contributed by atoms with Crippen molar-refractivity contribution in [2.45, 2.75) is 27.7 Å². The van der Waals surface area contributed by atoms with E-state index in [2.05, 4.69) is 15.4 Å². The Hall–Kier alpha value is -2.47.